The van der Waals surface area contributed by atoms with Crippen LogP contribution >= 0.6 is 11.3 Å². The molecular formula is C14H14N6O3S. The van der Waals surface area contributed by atoms with Crippen molar-refractivity contribution in [1.82, 2.24) is 30.0 Å². The molecule has 0 aliphatic rings. The molecule has 1 N–H and O–H groups in total. The average molecular weight is 346 g/mol. The van der Waals surface area contributed by atoms with Crippen LogP contribution in [0.3, 0.4) is 0 Å². The molecule has 0 saturated carbocycles. The fourth-order valence-electron chi connectivity index (χ4n) is 2.15. The lowest BCUT2D eigenvalue weighted by molar-refractivity contribution is 0.0606. The van der Waals surface area contributed by atoms with Crippen LogP contribution in [0, 0.1) is 0 Å². The molecule has 9 nitrogen and oxygen atoms in total. The molecule has 0 radical (unpaired) electrons. The molecule has 3 rings (SSSR count). The zero-order chi connectivity index (χ0) is 17.3. The van der Waals surface area contributed by atoms with E-state index in [1.165, 1.54) is 31.0 Å². The summed E-state index contributed by atoms with van der Waals surface area (Å²) < 4.78 is 6.22. The summed E-state index contributed by atoms with van der Waals surface area (Å²) >= 11 is 1.17. The quantitative estimate of drug-likeness (QED) is 0.704. The molecule has 0 bridgehead atoms. The molecule has 0 saturated heterocycles. The minimum Gasteiger partial charge on any atom is -0.465 e. The van der Waals surface area contributed by atoms with E-state index in [1.807, 2.05) is 0 Å². The number of aromatic nitrogens is 5. The van der Waals surface area contributed by atoms with E-state index in [1.54, 1.807) is 24.9 Å². The predicted molar refractivity (Wildman–Crippen MR) is 85.6 cm³/mol. The van der Waals surface area contributed by atoms with Gasteiger partial charge in [-0.05, 0) is 6.92 Å². The maximum absolute atomic E-state index is 12.5. The number of rotatable bonds is 4. The first-order chi connectivity index (χ1) is 11.5. The van der Waals surface area contributed by atoms with E-state index in [9.17, 15) is 9.59 Å². The van der Waals surface area contributed by atoms with E-state index in [2.05, 4.69) is 30.1 Å². The minimum absolute atomic E-state index is 0.240. The normalized spacial score (nSPS) is 12.1. The van der Waals surface area contributed by atoms with Gasteiger partial charge in [0.15, 0.2) is 5.65 Å². The summed E-state index contributed by atoms with van der Waals surface area (Å²) in [6.07, 6.45) is 4.30. The van der Waals surface area contributed by atoms with Crippen LogP contribution in [0.25, 0.3) is 11.0 Å². The molecule has 3 heterocycles. The van der Waals surface area contributed by atoms with Gasteiger partial charge >= 0.3 is 5.97 Å². The van der Waals surface area contributed by atoms with Crippen molar-refractivity contribution in [3.8, 4) is 0 Å². The number of carbonyl (C=O) groups is 2. The maximum atomic E-state index is 12.5. The Balaban J connectivity index is 1.81. The van der Waals surface area contributed by atoms with Crippen molar-refractivity contribution in [2.45, 2.75) is 13.0 Å². The smallest absolute Gasteiger partial charge is 0.349 e. The number of hydrogen-bond donors (Lipinski definition) is 1. The first kappa shape index (κ1) is 16.0. The highest BCUT2D eigenvalue weighted by Crippen LogP contribution is 2.21. The average Bonchev–Trinajstić information content (AvgIpc) is 3.21. The van der Waals surface area contributed by atoms with Crippen molar-refractivity contribution in [3.63, 3.8) is 0 Å². The van der Waals surface area contributed by atoms with Crippen LogP contribution in [-0.4, -0.2) is 43.7 Å². The van der Waals surface area contributed by atoms with Gasteiger partial charge in [-0.15, -0.1) is 11.3 Å². The SMILES string of the molecule is COC(=O)c1cnc(C(C)NC(=O)c2ncnc3c2cnn3C)s1. The highest BCUT2D eigenvalue weighted by atomic mass is 32.1. The van der Waals surface area contributed by atoms with Crippen LogP contribution in [0.5, 0.6) is 0 Å². The zero-order valence-electron chi connectivity index (χ0n) is 13.2. The lowest BCUT2D eigenvalue weighted by atomic mass is 10.2. The molecule has 24 heavy (non-hydrogen) atoms. The van der Waals surface area contributed by atoms with Gasteiger partial charge in [0.1, 0.15) is 21.9 Å². The van der Waals surface area contributed by atoms with Crippen LogP contribution in [0.15, 0.2) is 18.7 Å². The van der Waals surface area contributed by atoms with Gasteiger partial charge in [0, 0.05) is 7.05 Å². The summed E-state index contributed by atoms with van der Waals surface area (Å²) in [4.78, 5) is 36.7. The van der Waals surface area contributed by atoms with Crippen LogP contribution in [0.1, 0.15) is 38.1 Å². The summed E-state index contributed by atoms with van der Waals surface area (Å²) in [7, 11) is 3.05. The fourth-order valence-corrected chi connectivity index (χ4v) is 2.99. The Bertz CT molecular complexity index is 918. The third-order valence-corrected chi connectivity index (χ3v) is 4.53. The predicted octanol–water partition coefficient (Wildman–Crippen LogP) is 1.10. The molecule has 0 aliphatic heterocycles. The van der Waals surface area contributed by atoms with Gasteiger partial charge in [-0.2, -0.15) is 5.10 Å². The molecule has 3 aromatic rings. The van der Waals surface area contributed by atoms with Crippen molar-refractivity contribution >= 4 is 34.2 Å². The van der Waals surface area contributed by atoms with E-state index >= 15 is 0 Å². The Morgan fingerprint density at radius 2 is 2.08 bits per heavy atom. The second kappa shape index (κ2) is 6.32. The van der Waals surface area contributed by atoms with Gasteiger partial charge in [0.25, 0.3) is 5.91 Å². The van der Waals surface area contributed by atoms with Crippen molar-refractivity contribution in [1.29, 1.82) is 0 Å². The number of aryl methyl sites for hydroxylation is 1. The van der Waals surface area contributed by atoms with E-state index < -0.39 is 5.97 Å². The van der Waals surface area contributed by atoms with Crippen molar-refractivity contribution in [3.05, 3.63) is 34.3 Å². The Morgan fingerprint density at radius 1 is 1.29 bits per heavy atom. The number of methoxy groups -OCH3 is 1. The summed E-state index contributed by atoms with van der Waals surface area (Å²) in [5, 5.41) is 8.06. The van der Waals surface area contributed by atoms with Gasteiger partial charge in [0.2, 0.25) is 0 Å². The number of nitrogens with zero attached hydrogens (tertiary/aromatic N) is 5. The monoisotopic (exact) mass is 346 g/mol. The van der Waals surface area contributed by atoms with Crippen molar-refractivity contribution in [2.75, 3.05) is 7.11 Å². The van der Waals surface area contributed by atoms with E-state index in [0.29, 0.717) is 20.9 Å². The summed E-state index contributed by atoms with van der Waals surface area (Å²) in [6.45, 7) is 1.78. The molecule has 1 amide bonds. The second-order valence-electron chi connectivity index (χ2n) is 4.98. The second-order valence-corrected chi connectivity index (χ2v) is 6.04. The van der Waals surface area contributed by atoms with Crippen molar-refractivity contribution < 1.29 is 14.3 Å². The number of ether oxygens (including phenoxy) is 1. The van der Waals surface area contributed by atoms with Crippen LogP contribution in [-0.2, 0) is 11.8 Å². The molecule has 124 valence electrons. The number of nitrogens with one attached hydrogen (secondary N) is 1. The van der Waals surface area contributed by atoms with Gasteiger partial charge < -0.3 is 10.1 Å². The Labute approximate surface area is 140 Å². The highest BCUT2D eigenvalue weighted by molar-refractivity contribution is 7.13. The Hall–Kier alpha value is -2.88. The summed E-state index contributed by atoms with van der Waals surface area (Å²) in [5.74, 6) is -0.817. The number of amides is 1. The van der Waals surface area contributed by atoms with Gasteiger partial charge in [0.05, 0.1) is 30.9 Å². The zero-order valence-corrected chi connectivity index (χ0v) is 14.0. The van der Waals surface area contributed by atoms with Gasteiger partial charge in [-0.1, -0.05) is 0 Å². The van der Waals surface area contributed by atoms with E-state index in [-0.39, 0.29) is 17.6 Å². The summed E-state index contributed by atoms with van der Waals surface area (Å²) in [5.41, 5.74) is 0.815. The van der Waals surface area contributed by atoms with Gasteiger partial charge in [-0.25, -0.2) is 19.7 Å². The van der Waals surface area contributed by atoms with E-state index in [0.717, 1.165) is 0 Å². The van der Waals surface area contributed by atoms with Crippen molar-refractivity contribution in [2.24, 2.45) is 7.05 Å². The molecule has 3 aromatic heterocycles. The molecular weight excluding hydrogens is 332 g/mol. The maximum Gasteiger partial charge on any atom is 0.349 e. The number of carbonyl (C=O) groups excluding carboxylic acids is 2. The molecule has 0 fully saturated rings. The van der Waals surface area contributed by atoms with Crippen LogP contribution < -0.4 is 5.32 Å². The molecule has 10 heteroatoms. The first-order valence-corrected chi connectivity index (χ1v) is 7.80. The third-order valence-electron chi connectivity index (χ3n) is 3.37. The Morgan fingerprint density at radius 3 is 2.83 bits per heavy atom. The number of fused-ring (bicyclic) bond motifs is 1. The van der Waals surface area contributed by atoms with E-state index in [4.69, 9.17) is 0 Å². The topological polar surface area (TPSA) is 112 Å². The highest BCUT2D eigenvalue weighted by Gasteiger charge is 2.20. The Kier molecular flexibility index (Phi) is 4.21. The largest absolute Gasteiger partial charge is 0.465 e. The lowest BCUT2D eigenvalue weighted by Crippen LogP contribution is -2.27. The van der Waals surface area contributed by atoms with Crippen LogP contribution in [0.2, 0.25) is 0 Å². The minimum atomic E-state index is -0.454. The first-order valence-electron chi connectivity index (χ1n) is 6.99. The molecule has 1 atom stereocenters. The number of thiazole rings is 1. The molecule has 1 unspecified atom stereocenters. The molecule has 0 spiro atoms. The van der Waals surface area contributed by atoms with Gasteiger partial charge in [-0.3, -0.25) is 9.48 Å². The fraction of sp³-hybridized carbons (Fsp3) is 0.286. The standard InChI is InChI=1S/C14H14N6O3S/c1-7(13-15-5-9(24-13)14(22)23-3)19-12(21)10-8-4-18-20(2)11(8)17-6-16-10/h4-7H,1-3H3,(H,19,21). The van der Waals surface area contributed by atoms with Crippen LogP contribution in [0.4, 0.5) is 0 Å². The number of esters is 1. The third kappa shape index (κ3) is 2.83. The molecule has 0 aromatic carbocycles. The summed E-state index contributed by atoms with van der Waals surface area (Å²) in [6, 6.07) is -0.386. The lowest BCUT2D eigenvalue weighted by Gasteiger charge is -2.11. The number of hydrogen-bond acceptors (Lipinski definition) is 8. The molecule has 0 aliphatic carbocycles.